The largest absolute Gasteiger partial charge is 0.453 e. The fraction of sp³-hybridized carbons (Fsp3) is 0. The lowest BCUT2D eigenvalue weighted by Gasteiger charge is -2.29. The maximum absolute atomic E-state index is 6.75. The van der Waals surface area contributed by atoms with Crippen molar-refractivity contribution in [2.75, 3.05) is 9.80 Å². The van der Waals surface area contributed by atoms with Gasteiger partial charge in [0.1, 0.15) is 5.58 Å². The van der Waals surface area contributed by atoms with E-state index in [1.807, 2.05) is 48.5 Å². The number of hydrogen-bond donors (Lipinski definition) is 0. The summed E-state index contributed by atoms with van der Waals surface area (Å²) in [5.74, 6) is 0.575. The third kappa shape index (κ3) is 4.98. The molecule has 0 unspecified atom stereocenters. The average Bonchev–Trinajstić information content (AvgIpc) is 3.83. The first-order chi connectivity index (χ1) is 25.8. The molecule has 0 bridgehead atoms. The zero-order chi connectivity index (χ0) is 34.4. The first kappa shape index (κ1) is 29.8. The topological polar surface area (TPSA) is 45.7 Å². The number of fused-ring (bicyclic) bond motifs is 7. The number of rotatable bonds is 7. The van der Waals surface area contributed by atoms with Crippen molar-refractivity contribution >= 4 is 77.9 Å². The SMILES string of the molecule is c1ccc(-c2nc3c(ccc4c5cc(N(c6ccccc6)c6ccc(N(c7ccccc7)c7ccccc7)cc6)c6ccccc6c5oc43)o2)cc1. The second kappa shape index (κ2) is 12.3. The molecule has 0 atom stereocenters. The molecule has 5 heteroatoms. The number of furan rings is 1. The molecule has 0 aliphatic heterocycles. The Labute approximate surface area is 300 Å². The van der Waals surface area contributed by atoms with E-state index in [2.05, 4.69) is 149 Å². The molecule has 10 rings (SSSR count). The molecule has 246 valence electrons. The molecule has 10 aromatic rings. The Morgan fingerprint density at radius 2 is 0.846 bits per heavy atom. The van der Waals surface area contributed by atoms with Crippen molar-refractivity contribution in [3.05, 3.63) is 188 Å². The number of anilines is 6. The number of benzene rings is 8. The van der Waals surface area contributed by atoms with Crippen LogP contribution in [0.15, 0.2) is 197 Å². The highest BCUT2D eigenvalue weighted by molar-refractivity contribution is 6.22. The summed E-state index contributed by atoms with van der Waals surface area (Å²) in [6.45, 7) is 0. The fourth-order valence-corrected chi connectivity index (χ4v) is 7.27. The average molecular weight is 670 g/mol. The van der Waals surface area contributed by atoms with Gasteiger partial charge in [-0.15, -0.1) is 0 Å². The van der Waals surface area contributed by atoms with Gasteiger partial charge in [0, 0.05) is 55.5 Å². The van der Waals surface area contributed by atoms with Crippen molar-refractivity contribution in [1.82, 2.24) is 4.98 Å². The van der Waals surface area contributed by atoms with Gasteiger partial charge < -0.3 is 18.6 Å². The monoisotopic (exact) mass is 669 g/mol. The predicted molar refractivity (Wildman–Crippen MR) is 214 cm³/mol. The van der Waals surface area contributed by atoms with E-state index < -0.39 is 0 Å². The number of nitrogens with zero attached hydrogens (tertiary/aromatic N) is 3. The summed E-state index contributed by atoms with van der Waals surface area (Å²) in [7, 11) is 0. The lowest BCUT2D eigenvalue weighted by Crippen LogP contribution is -2.12. The molecule has 5 nitrogen and oxygen atoms in total. The molecule has 0 fully saturated rings. The van der Waals surface area contributed by atoms with Crippen molar-refractivity contribution in [3.8, 4) is 11.5 Å². The minimum Gasteiger partial charge on any atom is -0.453 e. The van der Waals surface area contributed by atoms with Crippen LogP contribution in [-0.4, -0.2) is 4.98 Å². The van der Waals surface area contributed by atoms with Gasteiger partial charge in [0.25, 0.3) is 0 Å². The van der Waals surface area contributed by atoms with Crippen LogP contribution in [-0.2, 0) is 0 Å². The Morgan fingerprint density at radius 1 is 0.365 bits per heavy atom. The minimum atomic E-state index is 0.575. The second-order valence-electron chi connectivity index (χ2n) is 12.8. The predicted octanol–water partition coefficient (Wildman–Crippen LogP) is 13.5. The number of aromatic nitrogens is 1. The number of oxazole rings is 1. The maximum atomic E-state index is 6.75. The Hall–Kier alpha value is -7.11. The Kier molecular flexibility index (Phi) is 7.07. The molecule has 2 aromatic heterocycles. The van der Waals surface area contributed by atoms with Gasteiger partial charge in [0.05, 0.1) is 5.69 Å². The normalized spacial score (nSPS) is 11.5. The van der Waals surface area contributed by atoms with E-state index in [-0.39, 0.29) is 0 Å². The molecule has 8 aromatic carbocycles. The molecular formula is C47H31N3O2. The van der Waals surface area contributed by atoms with Gasteiger partial charge >= 0.3 is 0 Å². The van der Waals surface area contributed by atoms with Crippen LogP contribution in [0.25, 0.3) is 55.3 Å². The van der Waals surface area contributed by atoms with Crippen molar-refractivity contribution in [2.45, 2.75) is 0 Å². The molecular weight excluding hydrogens is 639 g/mol. The Bertz CT molecular complexity index is 2790. The lowest BCUT2D eigenvalue weighted by molar-refractivity contribution is 0.620. The van der Waals surface area contributed by atoms with Gasteiger partial charge in [-0.3, -0.25) is 0 Å². The van der Waals surface area contributed by atoms with Crippen LogP contribution in [0.3, 0.4) is 0 Å². The second-order valence-corrected chi connectivity index (χ2v) is 12.8. The summed E-state index contributed by atoms with van der Waals surface area (Å²) in [6, 6.07) is 65.1. The van der Waals surface area contributed by atoms with Crippen LogP contribution in [0, 0.1) is 0 Å². The van der Waals surface area contributed by atoms with E-state index >= 15 is 0 Å². The van der Waals surface area contributed by atoms with E-state index in [0.29, 0.717) is 11.5 Å². The smallest absolute Gasteiger partial charge is 0.227 e. The molecule has 0 saturated heterocycles. The fourth-order valence-electron chi connectivity index (χ4n) is 7.27. The maximum Gasteiger partial charge on any atom is 0.227 e. The zero-order valence-electron chi connectivity index (χ0n) is 28.1. The van der Waals surface area contributed by atoms with Crippen LogP contribution in [0.4, 0.5) is 34.1 Å². The van der Waals surface area contributed by atoms with E-state index in [4.69, 9.17) is 13.8 Å². The van der Waals surface area contributed by atoms with Crippen LogP contribution >= 0.6 is 0 Å². The Balaban J connectivity index is 1.16. The van der Waals surface area contributed by atoms with E-state index in [9.17, 15) is 0 Å². The van der Waals surface area contributed by atoms with Crippen LogP contribution in [0.2, 0.25) is 0 Å². The summed E-state index contributed by atoms with van der Waals surface area (Å²) in [4.78, 5) is 9.55. The number of para-hydroxylation sites is 3. The lowest BCUT2D eigenvalue weighted by atomic mass is 10.0. The van der Waals surface area contributed by atoms with Crippen LogP contribution in [0.5, 0.6) is 0 Å². The highest BCUT2D eigenvalue weighted by atomic mass is 16.4. The third-order valence-electron chi connectivity index (χ3n) is 9.65. The molecule has 2 heterocycles. The molecule has 0 radical (unpaired) electrons. The van der Waals surface area contributed by atoms with Crippen molar-refractivity contribution < 1.29 is 8.83 Å². The minimum absolute atomic E-state index is 0.575. The van der Waals surface area contributed by atoms with Gasteiger partial charge in [-0.25, -0.2) is 4.98 Å². The van der Waals surface area contributed by atoms with Crippen molar-refractivity contribution in [1.29, 1.82) is 0 Å². The summed E-state index contributed by atoms with van der Waals surface area (Å²) in [5.41, 5.74) is 10.3. The molecule has 0 aliphatic rings. The van der Waals surface area contributed by atoms with E-state index in [1.165, 1.54) is 0 Å². The zero-order valence-corrected chi connectivity index (χ0v) is 28.1. The molecule has 0 aliphatic carbocycles. The quantitative estimate of drug-likeness (QED) is 0.169. The first-order valence-corrected chi connectivity index (χ1v) is 17.4. The van der Waals surface area contributed by atoms with Gasteiger partial charge in [-0.2, -0.15) is 0 Å². The molecule has 0 spiro atoms. The highest BCUT2D eigenvalue weighted by Gasteiger charge is 2.23. The van der Waals surface area contributed by atoms with E-state index in [1.54, 1.807) is 0 Å². The molecule has 0 amide bonds. The van der Waals surface area contributed by atoms with Gasteiger partial charge in [0.15, 0.2) is 16.7 Å². The van der Waals surface area contributed by atoms with Gasteiger partial charge in [-0.05, 0) is 91.0 Å². The summed E-state index contributed by atoms with van der Waals surface area (Å²) in [5, 5.41) is 4.13. The number of hydrogen-bond acceptors (Lipinski definition) is 5. The van der Waals surface area contributed by atoms with Crippen molar-refractivity contribution in [3.63, 3.8) is 0 Å². The standard InChI is InChI=1S/C47H31N3O2/c1-5-15-32(16-6-1)47-48-44-43(51-47)30-29-40-41-31-42(38-23-13-14-24-39(38)45(41)52-46(40)44)50(35-21-11-4-12-22-35)37-27-25-36(26-28-37)49(33-17-7-2-8-18-33)34-19-9-3-10-20-34/h1-31H. The summed E-state index contributed by atoms with van der Waals surface area (Å²) < 4.78 is 13.0. The highest BCUT2D eigenvalue weighted by Crippen LogP contribution is 2.46. The summed E-state index contributed by atoms with van der Waals surface area (Å²) >= 11 is 0. The molecule has 52 heavy (non-hydrogen) atoms. The van der Waals surface area contributed by atoms with Gasteiger partial charge in [0.2, 0.25) is 5.89 Å². The Morgan fingerprint density at radius 3 is 1.46 bits per heavy atom. The van der Waals surface area contributed by atoms with E-state index in [0.717, 1.165) is 77.9 Å². The third-order valence-corrected chi connectivity index (χ3v) is 9.65. The van der Waals surface area contributed by atoms with Crippen molar-refractivity contribution in [2.24, 2.45) is 0 Å². The van der Waals surface area contributed by atoms with Crippen LogP contribution in [0.1, 0.15) is 0 Å². The first-order valence-electron chi connectivity index (χ1n) is 17.4. The van der Waals surface area contributed by atoms with Gasteiger partial charge in [-0.1, -0.05) is 97.1 Å². The van der Waals surface area contributed by atoms with Crippen LogP contribution < -0.4 is 9.80 Å². The summed E-state index contributed by atoms with van der Waals surface area (Å²) in [6.07, 6.45) is 0. The molecule has 0 saturated carbocycles. The molecule has 0 N–H and O–H groups in total.